The van der Waals surface area contributed by atoms with Gasteiger partial charge in [-0.1, -0.05) is 35.3 Å². The number of rotatable bonds is 9. The van der Waals surface area contributed by atoms with Crippen molar-refractivity contribution in [2.75, 3.05) is 36.3 Å². The van der Waals surface area contributed by atoms with Crippen molar-refractivity contribution in [2.24, 2.45) is 5.92 Å². The zero-order chi connectivity index (χ0) is 27.7. The van der Waals surface area contributed by atoms with Gasteiger partial charge in [0.05, 0.1) is 25.2 Å². The SMILES string of the molecule is COc1cc(NC2CC(C(=O)O)C2)cc(NC(C(=O)N2CCc3cc(OC)c(Cl)cc32)c2ccc(Cl)cc2)c1. The summed E-state index contributed by atoms with van der Waals surface area (Å²) in [6.07, 6.45) is 1.81. The van der Waals surface area contributed by atoms with Crippen LogP contribution in [-0.4, -0.2) is 43.8 Å². The van der Waals surface area contributed by atoms with Gasteiger partial charge in [-0.2, -0.15) is 0 Å². The maximum atomic E-state index is 14.1. The van der Waals surface area contributed by atoms with Crippen LogP contribution < -0.4 is 25.0 Å². The second-order valence-corrected chi connectivity index (χ2v) is 10.6. The van der Waals surface area contributed by atoms with Crippen LogP contribution in [0.2, 0.25) is 10.0 Å². The Bertz CT molecular complexity index is 1390. The monoisotopic (exact) mass is 569 g/mol. The van der Waals surface area contributed by atoms with Crippen molar-refractivity contribution in [3.05, 3.63) is 75.8 Å². The summed E-state index contributed by atoms with van der Waals surface area (Å²) in [5, 5.41) is 17.0. The van der Waals surface area contributed by atoms with Crippen LogP contribution in [0.25, 0.3) is 0 Å². The number of aliphatic carboxylic acids is 1. The van der Waals surface area contributed by atoms with Crippen LogP contribution in [0.4, 0.5) is 17.1 Å². The van der Waals surface area contributed by atoms with Crippen LogP contribution >= 0.6 is 23.2 Å². The van der Waals surface area contributed by atoms with E-state index in [1.807, 2.05) is 36.4 Å². The minimum Gasteiger partial charge on any atom is -0.497 e. The zero-order valence-corrected chi connectivity index (χ0v) is 23.1. The summed E-state index contributed by atoms with van der Waals surface area (Å²) in [5.74, 6) is -0.0557. The van der Waals surface area contributed by atoms with Crippen molar-refractivity contribution in [1.29, 1.82) is 0 Å². The number of carbonyl (C=O) groups excluding carboxylic acids is 1. The lowest BCUT2D eigenvalue weighted by Gasteiger charge is -2.34. The fourth-order valence-corrected chi connectivity index (χ4v) is 5.46. The first-order valence-electron chi connectivity index (χ1n) is 12.6. The molecule has 0 radical (unpaired) electrons. The fourth-order valence-electron chi connectivity index (χ4n) is 5.10. The van der Waals surface area contributed by atoms with Crippen LogP contribution in [0.5, 0.6) is 11.5 Å². The number of benzene rings is 3. The minimum absolute atomic E-state index is 0.0580. The van der Waals surface area contributed by atoms with E-state index in [-0.39, 0.29) is 17.9 Å². The predicted molar refractivity (Wildman–Crippen MR) is 153 cm³/mol. The lowest BCUT2D eigenvalue weighted by atomic mass is 9.80. The summed E-state index contributed by atoms with van der Waals surface area (Å²) in [4.78, 5) is 27.0. The number of methoxy groups -OCH3 is 2. The lowest BCUT2D eigenvalue weighted by Crippen LogP contribution is -2.39. The molecule has 0 spiro atoms. The Labute approximate surface area is 236 Å². The number of hydrogen-bond donors (Lipinski definition) is 3. The van der Waals surface area contributed by atoms with Crippen LogP contribution in [0.1, 0.15) is 30.0 Å². The topological polar surface area (TPSA) is 100 Å². The van der Waals surface area contributed by atoms with Crippen LogP contribution in [-0.2, 0) is 16.0 Å². The van der Waals surface area contributed by atoms with Gasteiger partial charge in [-0.15, -0.1) is 0 Å². The molecule has 8 nitrogen and oxygen atoms in total. The molecular formula is C29H29Cl2N3O5. The average Bonchev–Trinajstić information content (AvgIpc) is 3.31. The average molecular weight is 570 g/mol. The van der Waals surface area contributed by atoms with Gasteiger partial charge in [0.25, 0.3) is 5.91 Å². The van der Waals surface area contributed by atoms with Gasteiger partial charge >= 0.3 is 5.97 Å². The molecule has 2 aliphatic rings. The maximum absolute atomic E-state index is 14.1. The molecule has 1 aliphatic carbocycles. The number of halogens is 2. The van der Waals surface area contributed by atoms with E-state index in [0.29, 0.717) is 53.0 Å². The van der Waals surface area contributed by atoms with Crippen molar-refractivity contribution in [2.45, 2.75) is 31.3 Å². The summed E-state index contributed by atoms with van der Waals surface area (Å²) in [6.45, 7) is 0.515. The van der Waals surface area contributed by atoms with E-state index >= 15 is 0 Å². The lowest BCUT2D eigenvalue weighted by molar-refractivity contribution is -0.144. The third-order valence-electron chi connectivity index (χ3n) is 7.28. The molecule has 5 rings (SSSR count). The second kappa shape index (κ2) is 11.2. The van der Waals surface area contributed by atoms with E-state index in [1.165, 1.54) is 0 Å². The standard InChI is InChI=1S/C29H29Cl2N3O5/c1-38-23-13-21(32-20-9-18(10-20)29(36)37)12-22(14-23)33-27(16-3-5-19(30)6-4-16)28(35)34-8-7-17-11-26(39-2)24(31)15-25(17)34/h3-6,11-15,18,20,27,32-33H,7-10H2,1-2H3,(H,36,37). The highest BCUT2D eigenvalue weighted by Crippen LogP contribution is 2.39. The normalized spacial score (nSPS) is 18.5. The van der Waals surface area contributed by atoms with Gasteiger partial charge in [0.2, 0.25) is 0 Å². The van der Waals surface area contributed by atoms with E-state index in [9.17, 15) is 14.7 Å². The van der Waals surface area contributed by atoms with Crippen molar-refractivity contribution >= 4 is 52.1 Å². The van der Waals surface area contributed by atoms with E-state index in [0.717, 1.165) is 22.5 Å². The Hall–Kier alpha value is -3.62. The number of amides is 1. The number of carbonyl (C=O) groups is 2. The molecule has 3 aromatic carbocycles. The number of ether oxygens (including phenoxy) is 2. The number of carboxylic acids is 1. The first-order valence-corrected chi connectivity index (χ1v) is 13.4. The molecular weight excluding hydrogens is 541 g/mol. The molecule has 39 heavy (non-hydrogen) atoms. The molecule has 0 bridgehead atoms. The largest absolute Gasteiger partial charge is 0.497 e. The van der Waals surface area contributed by atoms with Gasteiger partial charge in [-0.3, -0.25) is 9.59 Å². The van der Waals surface area contributed by atoms with Gasteiger partial charge in [-0.25, -0.2) is 0 Å². The van der Waals surface area contributed by atoms with Gasteiger partial charge in [0, 0.05) is 46.8 Å². The number of nitrogens with one attached hydrogen (secondary N) is 2. The fraction of sp³-hybridized carbons (Fsp3) is 0.310. The van der Waals surface area contributed by atoms with E-state index in [4.69, 9.17) is 32.7 Å². The molecule has 0 aromatic heterocycles. The number of nitrogens with zero attached hydrogens (tertiary/aromatic N) is 1. The van der Waals surface area contributed by atoms with E-state index in [2.05, 4.69) is 10.6 Å². The molecule has 10 heteroatoms. The summed E-state index contributed by atoms with van der Waals surface area (Å²) in [7, 11) is 3.15. The maximum Gasteiger partial charge on any atom is 0.306 e. The molecule has 1 heterocycles. The van der Waals surface area contributed by atoms with Crippen molar-refractivity contribution < 1.29 is 24.2 Å². The highest BCUT2D eigenvalue weighted by atomic mass is 35.5. The van der Waals surface area contributed by atoms with Gasteiger partial charge in [0.15, 0.2) is 0 Å². The quantitative estimate of drug-likeness (QED) is 0.289. The molecule has 3 N–H and O–H groups in total. The Morgan fingerprint density at radius 2 is 1.72 bits per heavy atom. The summed E-state index contributed by atoms with van der Waals surface area (Å²) in [6, 6.07) is 15.7. The number of fused-ring (bicyclic) bond motifs is 1. The Kier molecular flexibility index (Phi) is 7.77. The third kappa shape index (κ3) is 5.72. The number of anilines is 3. The molecule has 204 valence electrons. The molecule has 1 unspecified atom stereocenters. The molecule has 3 aromatic rings. The Morgan fingerprint density at radius 3 is 2.38 bits per heavy atom. The van der Waals surface area contributed by atoms with Crippen LogP contribution in [0.15, 0.2) is 54.6 Å². The van der Waals surface area contributed by atoms with Gasteiger partial charge in [-0.05, 0) is 60.7 Å². The highest BCUT2D eigenvalue weighted by Gasteiger charge is 2.35. The molecule has 1 fully saturated rings. The molecule has 1 aliphatic heterocycles. The minimum atomic E-state index is -0.770. The summed E-state index contributed by atoms with van der Waals surface area (Å²) < 4.78 is 10.9. The van der Waals surface area contributed by atoms with Crippen molar-refractivity contribution in [1.82, 2.24) is 0 Å². The Balaban J connectivity index is 1.44. The zero-order valence-electron chi connectivity index (χ0n) is 21.5. The second-order valence-electron chi connectivity index (χ2n) is 9.78. The van der Waals surface area contributed by atoms with Crippen molar-refractivity contribution in [3.8, 4) is 11.5 Å². The predicted octanol–water partition coefficient (Wildman–Crippen LogP) is 6.03. The summed E-state index contributed by atoms with van der Waals surface area (Å²) in [5.41, 5.74) is 3.95. The number of hydrogen-bond acceptors (Lipinski definition) is 6. The van der Waals surface area contributed by atoms with Gasteiger partial charge in [0.1, 0.15) is 17.5 Å². The van der Waals surface area contributed by atoms with Gasteiger partial charge < -0.3 is 30.1 Å². The molecule has 1 saturated carbocycles. The number of carboxylic acid groups (broad SMARTS) is 1. The molecule has 0 saturated heterocycles. The highest BCUT2D eigenvalue weighted by molar-refractivity contribution is 6.32. The van der Waals surface area contributed by atoms with E-state index < -0.39 is 12.0 Å². The smallest absolute Gasteiger partial charge is 0.306 e. The molecule has 1 amide bonds. The summed E-state index contributed by atoms with van der Waals surface area (Å²) >= 11 is 12.6. The van der Waals surface area contributed by atoms with Crippen LogP contribution in [0.3, 0.4) is 0 Å². The van der Waals surface area contributed by atoms with E-state index in [1.54, 1.807) is 37.3 Å². The Morgan fingerprint density at radius 1 is 1.00 bits per heavy atom. The first-order chi connectivity index (χ1) is 18.7. The molecule has 1 atom stereocenters. The first kappa shape index (κ1) is 27.0. The van der Waals surface area contributed by atoms with Crippen LogP contribution in [0, 0.1) is 5.92 Å². The third-order valence-corrected chi connectivity index (χ3v) is 7.82. The van der Waals surface area contributed by atoms with Crippen molar-refractivity contribution in [3.63, 3.8) is 0 Å².